The topological polar surface area (TPSA) is 119 Å². The summed E-state index contributed by atoms with van der Waals surface area (Å²) in [6.45, 7) is 1.84. The Morgan fingerprint density at radius 2 is 1.46 bits per heavy atom. The van der Waals surface area contributed by atoms with Crippen molar-refractivity contribution in [2.75, 3.05) is 19.5 Å². The summed E-state index contributed by atoms with van der Waals surface area (Å²) >= 11 is 3.42. The lowest BCUT2D eigenvalue weighted by Crippen LogP contribution is -2.40. The molecule has 212 valence electrons. The van der Waals surface area contributed by atoms with Crippen LogP contribution < -0.4 is 10.1 Å². The molecule has 4 rings (SSSR count). The number of anilines is 1. The molecule has 4 aromatic carbocycles. The van der Waals surface area contributed by atoms with Crippen LogP contribution in [0.5, 0.6) is 5.75 Å². The number of aryl methyl sites for hydroxylation is 1. The van der Waals surface area contributed by atoms with Crippen molar-refractivity contribution >= 4 is 43.2 Å². The highest BCUT2D eigenvalue weighted by Gasteiger charge is 2.38. The van der Waals surface area contributed by atoms with E-state index in [2.05, 4.69) is 21.2 Å². The number of carbonyl (C=O) groups excluding carboxylic acids is 1. The maximum atomic E-state index is 14.3. The van der Waals surface area contributed by atoms with Gasteiger partial charge in [0.1, 0.15) is 5.75 Å². The molecule has 9 nitrogen and oxygen atoms in total. The molecular formula is C30H28BrN3O6S. The number of carbonyl (C=O) groups is 1. The number of amides is 1. The molecule has 0 fully saturated rings. The number of non-ortho nitro benzene ring substituents is 1. The summed E-state index contributed by atoms with van der Waals surface area (Å²) in [5.74, 6) is -1.19. The molecule has 0 heterocycles. The van der Waals surface area contributed by atoms with E-state index in [-0.39, 0.29) is 10.6 Å². The molecule has 0 aliphatic rings. The number of hydrogen-bond acceptors (Lipinski definition) is 7. The van der Waals surface area contributed by atoms with Gasteiger partial charge in [-0.1, -0.05) is 57.9 Å². The number of rotatable bonds is 10. The first-order chi connectivity index (χ1) is 19.5. The van der Waals surface area contributed by atoms with E-state index in [0.717, 1.165) is 14.3 Å². The van der Waals surface area contributed by atoms with Crippen LogP contribution in [0.4, 0.5) is 11.4 Å². The van der Waals surface area contributed by atoms with Crippen molar-refractivity contribution in [2.45, 2.75) is 23.8 Å². The Bertz CT molecular complexity index is 1630. The van der Waals surface area contributed by atoms with Crippen molar-refractivity contribution in [3.05, 3.63) is 128 Å². The standard InChI is InChI=1S/C30H28BrN3O6S/c1-20-4-18-27(19-5-20)41(38,39)33(2)30(35)28(21-8-16-26(40-3)17-9-21)29(32-24-12-10-23(31)11-13-24)22-6-14-25(15-7-22)34(36)37/h4-19,28-29,32H,1-3H3/t28-,29-/m1/s1. The van der Waals surface area contributed by atoms with Gasteiger partial charge < -0.3 is 10.1 Å². The molecule has 0 unspecified atom stereocenters. The monoisotopic (exact) mass is 637 g/mol. The highest BCUT2D eigenvalue weighted by molar-refractivity contribution is 9.10. The molecule has 4 aromatic rings. The zero-order valence-corrected chi connectivity index (χ0v) is 24.9. The van der Waals surface area contributed by atoms with Crippen LogP contribution in [0.3, 0.4) is 0 Å². The Morgan fingerprint density at radius 3 is 2.00 bits per heavy atom. The third kappa shape index (κ3) is 6.75. The molecule has 0 spiro atoms. The summed E-state index contributed by atoms with van der Waals surface area (Å²) in [5, 5.41) is 14.7. The number of hydrogen-bond donors (Lipinski definition) is 1. The van der Waals surface area contributed by atoms with E-state index in [0.29, 0.717) is 22.6 Å². The van der Waals surface area contributed by atoms with Gasteiger partial charge in [-0.25, -0.2) is 12.7 Å². The van der Waals surface area contributed by atoms with Crippen LogP contribution in [0.1, 0.15) is 28.7 Å². The van der Waals surface area contributed by atoms with E-state index >= 15 is 0 Å². The maximum absolute atomic E-state index is 14.3. The highest BCUT2D eigenvalue weighted by atomic mass is 79.9. The van der Waals surface area contributed by atoms with Crippen LogP contribution in [-0.2, 0) is 14.8 Å². The predicted octanol–water partition coefficient (Wildman–Crippen LogP) is 6.46. The first kappa shape index (κ1) is 29.8. The van der Waals surface area contributed by atoms with Crippen LogP contribution in [0, 0.1) is 17.0 Å². The van der Waals surface area contributed by atoms with Crippen molar-refractivity contribution in [2.24, 2.45) is 0 Å². The molecule has 0 aliphatic carbocycles. The van der Waals surface area contributed by atoms with Crippen LogP contribution in [0.25, 0.3) is 0 Å². The van der Waals surface area contributed by atoms with E-state index in [1.807, 2.05) is 31.2 Å². The second-order valence-electron chi connectivity index (χ2n) is 9.35. The number of halogens is 1. The first-order valence-corrected chi connectivity index (χ1v) is 14.7. The van der Waals surface area contributed by atoms with E-state index in [4.69, 9.17) is 4.74 Å². The van der Waals surface area contributed by atoms with Gasteiger partial charge in [0.05, 0.1) is 28.9 Å². The minimum atomic E-state index is -4.20. The van der Waals surface area contributed by atoms with Gasteiger partial charge in [0.15, 0.2) is 0 Å². The molecule has 0 saturated heterocycles. The second kappa shape index (κ2) is 12.5. The molecular weight excluding hydrogens is 610 g/mol. The van der Waals surface area contributed by atoms with Gasteiger partial charge >= 0.3 is 0 Å². The van der Waals surface area contributed by atoms with Crippen molar-refractivity contribution < 1.29 is 22.9 Å². The number of nitro benzene ring substituents is 1. The van der Waals surface area contributed by atoms with Crippen LogP contribution in [0.2, 0.25) is 0 Å². The molecule has 0 radical (unpaired) electrons. The highest BCUT2D eigenvalue weighted by Crippen LogP contribution is 2.38. The molecule has 1 N–H and O–H groups in total. The molecule has 41 heavy (non-hydrogen) atoms. The third-order valence-corrected chi connectivity index (χ3v) is 8.99. The van der Waals surface area contributed by atoms with Crippen LogP contribution in [-0.4, -0.2) is 37.7 Å². The van der Waals surface area contributed by atoms with Crippen LogP contribution >= 0.6 is 15.9 Å². The summed E-state index contributed by atoms with van der Waals surface area (Å²) < 4.78 is 34.1. The molecule has 0 aliphatic heterocycles. The number of ether oxygens (including phenoxy) is 1. The van der Waals surface area contributed by atoms with Gasteiger partial charge in [-0.15, -0.1) is 0 Å². The fraction of sp³-hybridized carbons (Fsp3) is 0.167. The number of sulfonamides is 1. The fourth-order valence-electron chi connectivity index (χ4n) is 4.36. The summed E-state index contributed by atoms with van der Waals surface area (Å²) in [6.07, 6.45) is 0. The molecule has 0 aromatic heterocycles. The van der Waals surface area contributed by atoms with Gasteiger partial charge in [-0.3, -0.25) is 14.9 Å². The largest absolute Gasteiger partial charge is 0.497 e. The molecule has 11 heteroatoms. The average molecular weight is 639 g/mol. The fourth-order valence-corrected chi connectivity index (χ4v) is 5.77. The molecule has 0 bridgehead atoms. The number of nitrogens with zero attached hydrogens (tertiary/aromatic N) is 2. The van der Waals surface area contributed by atoms with Gasteiger partial charge in [0.2, 0.25) is 5.91 Å². The zero-order chi connectivity index (χ0) is 29.7. The third-order valence-electron chi connectivity index (χ3n) is 6.69. The zero-order valence-electron chi connectivity index (χ0n) is 22.5. The second-order valence-corrected chi connectivity index (χ2v) is 12.2. The predicted molar refractivity (Wildman–Crippen MR) is 160 cm³/mol. The SMILES string of the molecule is COc1ccc([C@@H](C(=O)N(C)S(=O)(=O)c2ccc(C)cc2)[C@H](Nc2ccc(Br)cc2)c2ccc([N+](=O)[O-])cc2)cc1. The Morgan fingerprint density at radius 1 is 0.902 bits per heavy atom. The van der Waals surface area contributed by atoms with Crippen LogP contribution in [0.15, 0.2) is 106 Å². The average Bonchev–Trinajstić information content (AvgIpc) is 2.98. The van der Waals surface area contributed by atoms with Crippen molar-refractivity contribution in [1.29, 1.82) is 0 Å². The number of benzene rings is 4. The lowest BCUT2D eigenvalue weighted by Gasteiger charge is -2.32. The Labute approximate surface area is 247 Å². The summed E-state index contributed by atoms with van der Waals surface area (Å²) in [4.78, 5) is 25.1. The first-order valence-electron chi connectivity index (χ1n) is 12.5. The number of nitrogens with one attached hydrogen (secondary N) is 1. The van der Waals surface area contributed by atoms with Crippen molar-refractivity contribution in [3.8, 4) is 5.75 Å². The number of likely N-dealkylation sites (N-methyl/N-ethyl adjacent to an activating group) is 1. The van der Waals surface area contributed by atoms with E-state index in [1.54, 1.807) is 48.5 Å². The van der Waals surface area contributed by atoms with E-state index < -0.39 is 32.8 Å². The lowest BCUT2D eigenvalue weighted by molar-refractivity contribution is -0.384. The minimum absolute atomic E-state index is 0.0137. The summed E-state index contributed by atoms with van der Waals surface area (Å²) in [5.41, 5.74) is 2.50. The van der Waals surface area contributed by atoms with Gasteiger partial charge in [0, 0.05) is 29.3 Å². The Balaban J connectivity index is 1.86. The quantitative estimate of drug-likeness (QED) is 0.157. The minimum Gasteiger partial charge on any atom is -0.497 e. The number of nitro groups is 1. The molecule has 1 amide bonds. The number of methoxy groups -OCH3 is 1. The molecule has 2 atom stereocenters. The van der Waals surface area contributed by atoms with E-state index in [1.165, 1.54) is 38.4 Å². The Kier molecular flexibility index (Phi) is 9.09. The maximum Gasteiger partial charge on any atom is 0.269 e. The van der Waals surface area contributed by atoms with Crippen molar-refractivity contribution in [1.82, 2.24) is 4.31 Å². The van der Waals surface area contributed by atoms with Crippen molar-refractivity contribution in [3.63, 3.8) is 0 Å². The van der Waals surface area contributed by atoms with E-state index in [9.17, 15) is 23.3 Å². The Hall–Kier alpha value is -4.22. The lowest BCUT2D eigenvalue weighted by atomic mass is 9.85. The van der Waals surface area contributed by atoms with Gasteiger partial charge in [-0.2, -0.15) is 0 Å². The van der Waals surface area contributed by atoms with Gasteiger partial charge in [0.25, 0.3) is 15.7 Å². The smallest absolute Gasteiger partial charge is 0.269 e. The normalized spacial score (nSPS) is 12.7. The van der Waals surface area contributed by atoms with Gasteiger partial charge in [-0.05, 0) is 66.6 Å². The summed E-state index contributed by atoms with van der Waals surface area (Å²) in [6, 6.07) is 25.3. The molecule has 0 saturated carbocycles. The summed E-state index contributed by atoms with van der Waals surface area (Å²) in [7, 11) is -1.44.